The van der Waals surface area contributed by atoms with Gasteiger partial charge in [-0.15, -0.1) is 0 Å². The maximum Gasteiger partial charge on any atom is 0.237 e. The van der Waals surface area contributed by atoms with Crippen LogP contribution in [-0.2, 0) is 11.3 Å². The van der Waals surface area contributed by atoms with Crippen molar-refractivity contribution in [3.8, 4) is 0 Å². The van der Waals surface area contributed by atoms with Gasteiger partial charge in [0.25, 0.3) is 0 Å². The number of hydrogen-bond acceptors (Lipinski definition) is 3. The molecular formula is C22H33N3O. The minimum Gasteiger partial charge on any atom is -0.352 e. The first-order valence-electron chi connectivity index (χ1n) is 10.5. The number of likely N-dealkylation sites (tertiary alicyclic amines) is 1. The third-order valence-corrected chi connectivity index (χ3v) is 6.77. The summed E-state index contributed by atoms with van der Waals surface area (Å²) >= 11 is 0. The normalized spacial score (nSPS) is 35.0. The number of carbonyl (C=O) groups is 1. The SMILES string of the molecule is CC1CC(NC(=O)C2CC3CCCCC3N2)CCN1Cc1ccccc1. The molecule has 1 aromatic carbocycles. The van der Waals surface area contributed by atoms with E-state index in [1.54, 1.807) is 0 Å². The smallest absolute Gasteiger partial charge is 0.237 e. The molecule has 4 nitrogen and oxygen atoms in total. The summed E-state index contributed by atoms with van der Waals surface area (Å²) in [5.41, 5.74) is 1.37. The lowest BCUT2D eigenvalue weighted by Crippen LogP contribution is -2.52. The van der Waals surface area contributed by atoms with Crippen molar-refractivity contribution < 1.29 is 4.79 Å². The number of fused-ring (bicyclic) bond motifs is 1. The fraction of sp³-hybridized carbons (Fsp3) is 0.682. The van der Waals surface area contributed by atoms with Crippen LogP contribution in [0.15, 0.2) is 30.3 Å². The zero-order chi connectivity index (χ0) is 17.9. The number of carbonyl (C=O) groups excluding carboxylic acids is 1. The molecule has 4 heteroatoms. The van der Waals surface area contributed by atoms with Crippen molar-refractivity contribution in [3.05, 3.63) is 35.9 Å². The average molecular weight is 356 g/mol. The molecule has 2 heterocycles. The highest BCUT2D eigenvalue weighted by molar-refractivity contribution is 5.82. The molecule has 142 valence electrons. The van der Waals surface area contributed by atoms with Crippen molar-refractivity contribution in [2.75, 3.05) is 6.54 Å². The van der Waals surface area contributed by atoms with Crippen molar-refractivity contribution in [3.63, 3.8) is 0 Å². The second kappa shape index (κ2) is 8.10. The quantitative estimate of drug-likeness (QED) is 0.872. The van der Waals surface area contributed by atoms with Crippen LogP contribution in [0.4, 0.5) is 0 Å². The Labute approximate surface area is 157 Å². The second-order valence-corrected chi connectivity index (χ2v) is 8.64. The summed E-state index contributed by atoms with van der Waals surface area (Å²) < 4.78 is 0. The second-order valence-electron chi connectivity index (χ2n) is 8.64. The molecule has 1 amide bonds. The summed E-state index contributed by atoms with van der Waals surface area (Å²) in [6.07, 6.45) is 8.37. The van der Waals surface area contributed by atoms with Crippen molar-refractivity contribution >= 4 is 5.91 Å². The summed E-state index contributed by atoms with van der Waals surface area (Å²) in [6.45, 7) is 4.37. The van der Waals surface area contributed by atoms with Crippen LogP contribution in [0.2, 0.25) is 0 Å². The average Bonchev–Trinajstić information content (AvgIpc) is 3.09. The Morgan fingerprint density at radius 2 is 1.96 bits per heavy atom. The molecule has 3 aliphatic rings. The molecule has 0 spiro atoms. The Hall–Kier alpha value is -1.39. The van der Waals surface area contributed by atoms with E-state index in [1.165, 1.54) is 31.2 Å². The number of benzene rings is 1. The van der Waals surface area contributed by atoms with Crippen LogP contribution in [0.25, 0.3) is 0 Å². The number of piperidine rings is 1. The summed E-state index contributed by atoms with van der Waals surface area (Å²) in [5, 5.41) is 6.97. The molecule has 2 saturated heterocycles. The van der Waals surface area contributed by atoms with Gasteiger partial charge in [0.2, 0.25) is 5.91 Å². The molecule has 0 bridgehead atoms. The maximum atomic E-state index is 12.7. The lowest BCUT2D eigenvalue weighted by molar-refractivity contribution is -0.124. The van der Waals surface area contributed by atoms with Gasteiger partial charge in [0.15, 0.2) is 0 Å². The van der Waals surface area contributed by atoms with Crippen molar-refractivity contribution in [1.29, 1.82) is 0 Å². The molecule has 0 aromatic heterocycles. The van der Waals surface area contributed by atoms with E-state index in [4.69, 9.17) is 0 Å². The first kappa shape index (κ1) is 18.0. The van der Waals surface area contributed by atoms with Gasteiger partial charge in [-0.05, 0) is 50.5 Å². The Morgan fingerprint density at radius 3 is 2.73 bits per heavy atom. The predicted molar refractivity (Wildman–Crippen MR) is 105 cm³/mol. The molecule has 26 heavy (non-hydrogen) atoms. The Kier molecular flexibility index (Phi) is 5.60. The van der Waals surface area contributed by atoms with Gasteiger partial charge in [-0.2, -0.15) is 0 Å². The summed E-state index contributed by atoms with van der Waals surface area (Å²) in [7, 11) is 0. The molecule has 1 aliphatic carbocycles. The van der Waals surface area contributed by atoms with E-state index < -0.39 is 0 Å². The largest absolute Gasteiger partial charge is 0.352 e. The van der Waals surface area contributed by atoms with Gasteiger partial charge in [-0.25, -0.2) is 0 Å². The minimum atomic E-state index is 0.0424. The monoisotopic (exact) mass is 355 g/mol. The van der Waals surface area contributed by atoms with E-state index in [0.29, 0.717) is 18.1 Å². The molecule has 2 aliphatic heterocycles. The lowest BCUT2D eigenvalue weighted by atomic mass is 9.85. The van der Waals surface area contributed by atoms with Gasteiger partial charge in [-0.3, -0.25) is 9.69 Å². The fourth-order valence-electron chi connectivity index (χ4n) is 5.23. The highest BCUT2D eigenvalue weighted by Crippen LogP contribution is 2.33. The summed E-state index contributed by atoms with van der Waals surface area (Å²) in [6, 6.07) is 12.2. The number of amides is 1. The molecule has 2 N–H and O–H groups in total. The van der Waals surface area contributed by atoms with Gasteiger partial charge in [0.1, 0.15) is 0 Å². The van der Waals surface area contributed by atoms with Gasteiger partial charge in [0.05, 0.1) is 6.04 Å². The Morgan fingerprint density at radius 1 is 1.15 bits per heavy atom. The van der Waals surface area contributed by atoms with Crippen LogP contribution in [0.1, 0.15) is 57.4 Å². The molecule has 1 saturated carbocycles. The van der Waals surface area contributed by atoms with E-state index in [9.17, 15) is 4.79 Å². The Balaban J connectivity index is 1.26. The van der Waals surface area contributed by atoms with Crippen LogP contribution in [-0.4, -0.2) is 41.5 Å². The third-order valence-electron chi connectivity index (χ3n) is 6.77. The third kappa shape index (κ3) is 4.12. The van der Waals surface area contributed by atoms with E-state index in [0.717, 1.165) is 38.3 Å². The zero-order valence-corrected chi connectivity index (χ0v) is 16.0. The van der Waals surface area contributed by atoms with Crippen LogP contribution < -0.4 is 10.6 Å². The van der Waals surface area contributed by atoms with Gasteiger partial charge < -0.3 is 10.6 Å². The molecule has 5 atom stereocenters. The lowest BCUT2D eigenvalue weighted by Gasteiger charge is -2.38. The van der Waals surface area contributed by atoms with E-state index >= 15 is 0 Å². The van der Waals surface area contributed by atoms with E-state index in [2.05, 4.69) is 52.8 Å². The number of nitrogens with one attached hydrogen (secondary N) is 2. The van der Waals surface area contributed by atoms with E-state index in [1.807, 2.05) is 0 Å². The summed E-state index contributed by atoms with van der Waals surface area (Å²) in [5.74, 6) is 0.972. The van der Waals surface area contributed by atoms with Crippen molar-refractivity contribution in [1.82, 2.24) is 15.5 Å². The van der Waals surface area contributed by atoms with Crippen LogP contribution in [0.5, 0.6) is 0 Å². The van der Waals surface area contributed by atoms with Gasteiger partial charge in [0, 0.05) is 31.2 Å². The zero-order valence-electron chi connectivity index (χ0n) is 16.0. The van der Waals surface area contributed by atoms with Crippen LogP contribution >= 0.6 is 0 Å². The highest BCUT2D eigenvalue weighted by Gasteiger charge is 2.39. The topological polar surface area (TPSA) is 44.4 Å². The molecule has 4 rings (SSSR count). The first-order valence-corrected chi connectivity index (χ1v) is 10.5. The molecule has 3 fully saturated rings. The number of nitrogens with zero attached hydrogens (tertiary/aromatic N) is 1. The molecule has 5 unspecified atom stereocenters. The standard InChI is InChI=1S/C22H33N3O/c1-16-13-19(11-12-25(16)15-17-7-3-2-4-8-17)23-22(26)21-14-18-9-5-6-10-20(18)24-21/h2-4,7-8,16,18-21,24H,5-6,9-15H2,1H3,(H,23,26). The van der Waals surface area contributed by atoms with E-state index in [-0.39, 0.29) is 11.9 Å². The first-order chi connectivity index (χ1) is 12.7. The van der Waals surface area contributed by atoms with Gasteiger partial charge in [-0.1, -0.05) is 43.2 Å². The molecule has 1 aromatic rings. The number of rotatable bonds is 4. The van der Waals surface area contributed by atoms with Crippen molar-refractivity contribution in [2.24, 2.45) is 5.92 Å². The minimum absolute atomic E-state index is 0.0424. The number of hydrogen-bond donors (Lipinski definition) is 2. The van der Waals surface area contributed by atoms with Crippen LogP contribution in [0.3, 0.4) is 0 Å². The van der Waals surface area contributed by atoms with Crippen LogP contribution in [0, 0.1) is 5.92 Å². The molecular weight excluding hydrogens is 322 g/mol. The molecule has 0 radical (unpaired) electrons. The fourth-order valence-corrected chi connectivity index (χ4v) is 5.23. The Bertz CT molecular complexity index is 591. The summed E-state index contributed by atoms with van der Waals surface area (Å²) in [4.78, 5) is 15.3. The predicted octanol–water partition coefficient (Wildman–Crippen LogP) is 3.08. The van der Waals surface area contributed by atoms with Gasteiger partial charge >= 0.3 is 0 Å². The highest BCUT2D eigenvalue weighted by atomic mass is 16.2. The maximum absolute atomic E-state index is 12.7. The van der Waals surface area contributed by atoms with Crippen molar-refractivity contribution in [2.45, 2.75) is 82.6 Å².